The minimum absolute atomic E-state index is 0.0186. The van der Waals surface area contributed by atoms with Crippen molar-refractivity contribution >= 4 is 0 Å². The zero-order chi connectivity index (χ0) is 57.4. The number of pyridine rings is 1. The van der Waals surface area contributed by atoms with Crippen LogP contribution in [0, 0.1) is 6.92 Å². The van der Waals surface area contributed by atoms with Crippen LogP contribution >= 0.6 is 0 Å². The summed E-state index contributed by atoms with van der Waals surface area (Å²) in [7, 11) is 0. The van der Waals surface area contributed by atoms with Crippen molar-refractivity contribution in [2.45, 2.75) is 25.5 Å². The highest BCUT2D eigenvalue weighted by Gasteiger charge is 2.34. The van der Waals surface area contributed by atoms with E-state index in [0.717, 1.165) is 53.1 Å². The highest BCUT2D eigenvalue weighted by molar-refractivity contribution is 5.75. The van der Waals surface area contributed by atoms with Gasteiger partial charge in [-0.2, -0.15) is 54.5 Å². The molecule has 0 fully saturated rings. The molecule has 0 aliphatic rings. The number of halogens is 9. The molecule has 0 saturated carbocycles. The van der Waals surface area contributed by atoms with Gasteiger partial charge in [-0.1, -0.05) is 161 Å². The zero-order valence-corrected chi connectivity index (χ0v) is 42.6. The predicted molar refractivity (Wildman–Crippen MR) is 289 cm³/mol. The van der Waals surface area contributed by atoms with Crippen LogP contribution in [0.25, 0.3) is 102 Å². The number of aromatic nitrogens is 7. The van der Waals surface area contributed by atoms with Crippen molar-refractivity contribution in [1.82, 2.24) is 35.4 Å². The van der Waals surface area contributed by atoms with Crippen LogP contribution in [0.1, 0.15) is 22.3 Å². The fraction of sp³-hybridized carbons (Fsp3) is 0.0635. The predicted octanol–water partition coefficient (Wildman–Crippen LogP) is 18.0. The topological polar surface area (TPSA) is 130 Å². The molecule has 12 aromatic rings. The van der Waals surface area contributed by atoms with Gasteiger partial charge in [-0.25, -0.2) is 0 Å². The Hall–Kier alpha value is -10.3. The average molecular weight is 1110 g/mol. The first-order valence-electron chi connectivity index (χ1n) is 24.8. The first-order chi connectivity index (χ1) is 39.4. The Morgan fingerprint density at radius 3 is 0.939 bits per heavy atom. The molecule has 82 heavy (non-hydrogen) atoms. The van der Waals surface area contributed by atoms with Crippen LogP contribution < -0.4 is 0 Å². The standard InChI is InChI=1S/C22H15F3N2O.C21H13F3N2O.C20H12F3N3O/c1-14-7-5-6-10-19(14)20-26-21(28-27-20)17-11-16(15-8-3-2-4-9-15)12-18(13-17)22(23,24)25;22-21(23,24)18-12-16(14-7-3-1-4-8-14)11-17(13-18)20-25-19(26-27-20)15-9-5-2-6-10-15;21-20(22,23)17-11-15(13-4-2-1-3-5-13)10-16(12-17)19-25-18(26-27-19)14-6-8-24-9-7-14/h2-13H,1H3;1-13H;1-12H. The second-order valence-electron chi connectivity index (χ2n) is 18.2. The molecular formula is C63H40F9N7O3. The molecule has 0 saturated heterocycles. The van der Waals surface area contributed by atoms with Gasteiger partial charge in [0, 0.05) is 45.8 Å². The Balaban J connectivity index is 0.000000138. The smallest absolute Gasteiger partial charge is 0.334 e. The van der Waals surface area contributed by atoms with Crippen molar-refractivity contribution in [2.24, 2.45) is 0 Å². The fourth-order valence-corrected chi connectivity index (χ4v) is 8.41. The molecule has 0 bridgehead atoms. The van der Waals surface area contributed by atoms with E-state index >= 15 is 0 Å². The third-order valence-corrected chi connectivity index (χ3v) is 12.5. The normalized spacial score (nSPS) is 11.5. The van der Waals surface area contributed by atoms with Gasteiger partial charge in [-0.3, -0.25) is 4.98 Å². The SMILES string of the molecule is Cc1ccccc1-c1noc(-c2cc(-c3ccccc3)cc(C(F)(F)F)c2)n1.FC(F)(F)c1cc(-c2ccccc2)cc(-c2nc(-c3ccccc3)no2)c1.FC(F)(F)c1cc(-c2ccccc2)cc(-c2nc(-c3ccncc3)no2)c1. The van der Waals surface area contributed by atoms with E-state index < -0.39 is 35.2 Å². The first-order valence-corrected chi connectivity index (χ1v) is 24.8. The molecule has 0 N–H and O–H groups in total. The third-order valence-electron chi connectivity index (χ3n) is 12.5. The first kappa shape index (κ1) is 55.0. The van der Waals surface area contributed by atoms with E-state index in [-0.39, 0.29) is 40.2 Å². The summed E-state index contributed by atoms with van der Waals surface area (Å²) in [6, 6.07) is 57.8. The number of aryl methyl sites for hydroxylation is 1. The Labute approximate surface area is 461 Å². The molecule has 0 aliphatic heterocycles. The zero-order valence-electron chi connectivity index (χ0n) is 42.6. The number of hydrogen-bond acceptors (Lipinski definition) is 10. The van der Waals surface area contributed by atoms with Crippen molar-refractivity contribution in [3.8, 4) is 102 Å². The Kier molecular flexibility index (Phi) is 15.8. The van der Waals surface area contributed by atoms with Crippen LogP contribution in [0.4, 0.5) is 39.5 Å². The van der Waals surface area contributed by atoms with E-state index in [1.54, 1.807) is 134 Å². The molecule has 12 rings (SSSR count). The quantitative estimate of drug-likeness (QED) is 0.129. The molecule has 408 valence electrons. The van der Waals surface area contributed by atoms with Gasteiger partial charge in [-0.05, 0) is 113 Å². The van der Waals surface area contributed by atoms with Crippen LogP contribution in [0.5, 0.6) is 0 Å². The second-order valence-corrected chi connectivity index (χ2v) is 18.2. The summed E-state index contributed by atoms with van der Waals surface area (Å²) in [5.41, 5.74) is 4.75. The fourth-order valence-electron chi connectivity index (χ4n) is 8.41. The van der Waals surface area contributed by atoms with Gasteiger partial charge < -0.3 is 13.6 Å². The summed E-state index contributed by atoms with van der Waals surface area (Å²) in [5, 5.41) is 11.7. The highest BCUT2D eigenvalue weighted by atomic mass is 19.4. The maximum atomic E-state index is 13.4. The van der Waals surface area contributed by atoms with Crippen molar-refractivity contribution in [2.75, 3.05) is 0 Å². The minimum Gasteiger partial charge on any atom is -0.334 e. The van der Waals surface area contributed by atoms with Gasteiger partial charge in [0.15, 0.2) is 0 Å². The van der Waals surface area contributed by atoms with Gasteiger partial charge in [0.1, 0.15) is 0 Å². The van der Waals surface area contributed by atoms with E-state index in [9.17, 15) is 39.5 Å². The summed E-state index contributed by atoms with van der Waals surface area (Å²) < 4.78 is 136. The van der Waals surface area contributed by atoms with E-state index in [2.05, 4.69) is 35.4 Å². The van der Waals surface area contributed by atoms with E-state index in [1.807, 2.05) is 61.5 Å². The molecule has 0 spiro atoms. The molecule has 10 nitrogen and oxygen atoms in total. The molecule has 0 amide bonds. The van der Waals surface area contributed by atoms with Crippen molar-refractivity contribution in [3.05, 3.63) is 247 Å². The lowest BCUT2D eigenvalue weighted by atomic mass is 9.99. The highest BCUT2D eigenvalue weighted by Crippen LogP contribution is 2.40. The molecule has 0 atom stereocenters. The van der Waals surface area contributed by atoms with Gasteiger partial charge in [-0.15, -0.1) is 0 Å². The summed E-state index contributed by atoms with van der Waals surface area (Å²) in [5.74, 6) is 1.05. The lowest BCUT2D eigenvalue weighted by molar-refractivity contribution is -0.138. The number of alkyl halides is 9. The van der Waals surface area contributed by atoms with Crippen molar-refractivity contribution < 1.29 is 53.1 Å². The molecule has 0 unspecified atom stereocenters. The Morgan fingerprint density at radius 2 is 0.585 bits per heavy atom. The second kappa shape index (κ2) is 23.6. The number of nitrogens with zero attached hydrogens (tertiary/aromatic N) is 7. The lowest BCUT2D eigenvalue weighted by Crippen LogP contribution is -2.05. The monoisotopic (exact) mass is 1110 g/mol. The van der Waals surface area contributed by atoms with Crippen LogP contribution in [0.15, 0.2) is 238 Å². The van der Waals surface area contributed by atoms with Crippen LogP contribution in [0.3, 0.4) is 0 Å². The van der Waals surface area contributed by atoms with E-state index in [1.165, 1.54) is 0 Å². The Bertz CT molecular complexity index is 3900. The molecular weight excluding hydrogens is 1070 g/mol. The summed E-state index contributed by atoms with van der Waals surface area (Å²) >= 11 is 0. The lowest BCUT2D eigenvalue weighted by Gasteiger charge is -2.11. The summed E-state index contributed by atoms with van der Waals surface area (Å²) in [6.07, 6.45) is -10.3. The maximum absolute atomic E-state index is 13.4. The summed E-state index contributed by atoms with van der Waals surface area (Å²) in [4.78, 5) is 16.7. The van der Waals surface area contributed by atoms with E-state index in [4.69, 9.17) is 13.6 Å². The van der Waals surface area contributed by atoms with Crippen LogP contribution in [-0.4, -0.2) is 35.4 Å². The number of benzene rings is 8. The molecule has 19 heteroatoms. The summed E-state index contributed by atoms with van der Waals surface area (Å²) in [6.45, 7) is 1.91. The minimum atomic E-state index is -4.49. The molecule has 0 aliphatic carbocycles. The molecule has 0 radical (unpaired) electrons. The molecule has 8 aromatic carbocycles. The number of rotatable bonds is 9. The van der Waals surface area contributed by atoms with E-state index in [0.29, 0.717) is 50.6 Å². The van der Waals surface area contributed by atoms with Crippen LogP contribution in [0.2, 0.25) is 0 Å². The van der Waals surface area contributed by atoms with Gasteiger partial charge >= 0.3 is 18.5 Å². The van der Waals surface area contributed by atoms with Gasteiger partial charge in [0.25, 0.3) is 17.7 Å². The third kappa shape index (κ3) is 13.2. The van der Waals surface area contributed by atoms with Crippen LogP contribution in [-0.2, 0) is 18.5 Å². The largest absolute Gasteiger partial charge is 0.416 e. The Morgan fingerprint density at radius 1 is 0.293 bits per heavy atom. The molecule has 4 aromatic heterocycles. The van der Waals surface area contributed by atoms with Gasteiger partial charge in [0.2, 0.25) is 17.5 Å². The molecule has 4 heterocycles. The average Bonchev–Trinajstić information content (AvgIpc) is 4.50. The number of hydrogen-bond donors (Lipinski definition) is 0. The van der Waals surface area contributed by atoms with Crippen molar-refractivity contribution in [1.29, 1.82) is 0 Å². The maximum Gasteiger partial charge on any atom is 0.416 e. The van der Waals surface area contributed by atoms with Gasteiger partial charge in [0.05, 0.1) is 16.7 Å². The van der Waals surface area contributed by atoms with Crippen molar-refractivity contribution in [3.63, 3.8) is 0 Å².